The first-order chi connectivity index (χ1) is 16.5. The zero-order chi connectivity index (χ0) is 23.7. The quantitative estimate of drug-likeness (QED) is 0.590. The van der Waals surface area contributed by atoms with Crippen molar-refractivity contribution < 1.29 is 19.1 Å². The summed E-state index contributed by atoms with van der Waals surface area (Å²) in [6.45, 7) is 2.05. The molecule has 2 heterocycles. The minimum absolute atomic E-state index is 0.00496. The van der Waals surface area contributed by atoms with Gasteiger partial charge in [0.2, 0.25) is 17.7 Å². The van der Waals surface area contributed by atoms with Gasteiger partial charge in [-0.15, -0.1) is 0 Å². The molecule has 2 saturated heterocycles. The van der Waals surface area contributed by atoms with Crippen molar-refractivity contribution in [2.75, 3.05) is 26.8 Å². The van der Waals surface area contributed by atoms with Crippen LogP contribution in [0.4, 0.5) is 0 Å². The normalized spacial score (nSPS) is 23.6. The number of piperidine rings is 1. The summed E-state index contributed by atoms with van der Waals surface area (Å²) in [6, 6.07) is 17.9. The summed E-state index contributed by atoms with van der Waals surface area (Å²) in [6.07, 6.45) is 3.64. The Balaban J connectivity index is 1.41. The monoisotopic (exact) mass is 460 g/mol. The lowest BCUT2D eigenvalue weighted by Gasteiger charge is -2.35. The second-order valence-electron chi connectivity index (χ2n) is 9.96. The molecule has 0 bridgehead atoms. The standard InChI is InChI=1S/C28H32N2O4/c1-34-19-20-13-15-29(16-14-20)25(31)17-28(18-26(32)30(27(28)33)24-11-12-24)23-9-7-22(8-10-23)21-5-3-2-4-6-21/h2-10,20,24H,11-19H2,1H3. The molecule has 1 unspecified atom stereocenters. The van der Waals surface area contributed by atoms with E-state index in [-0.39, 0.29) is 36.6 Å². The Bertz CT molecular complexity index is 1060. The number of ether oxygens (including phenoxy) is 1. The van der Waals surface area contributed by atoms with Gasteiger partial charge in [0.15, 0.2) is 0 Å². The predicted octanol–water partition coefficient (Wildman–Crippen LogP) is 3.79. The number of carbonyl (C=O) groups excluding carboxylic acids is 3. The molecule has 2 aromatic carbocycles. The van der Waals surface area contributed by atoms with Gasteiger partial charge in [0.25, 0.3) is 0 Å². The third-order valence-corrected chi connectivity index (χ3v) is 7.63. The van der Waals surface area contributed by atoms with Crippen LogP contribution in [0, 0.1) is 5.92 Å². The Morgan fingerprint density at radius 1 is 0.941 bits per heavy atom. The molecule has 1 saturated carbocycles. The number of likely N-dealkylation sites (tertiary alicyclic amines) is 2. The van der Waals surface area contributed by atoms with Crippen molar-refractivity contribution >= 4 is 17.7 Å². The van der Waals surface area contributed by atoms with Gasteiger partial charge in [-0.25, -0.2) is 0 Å². The van der Waals surface area contributed by atoms with Gasteiger partial charge in [0.05, 0.1) is 5.41 Å². The predicted molar refractivity (Wildman–Crippen MR) is 129 cm³/mol. The maximum atomic E-state index is 13.7. The molecule has 3 fully saturated rings. The fraction of sp³-hybridized carbons (Fsp3) is 0.464. The van der Waals surface area contributed by atoms with Crippen LogP contribution in [0.1, 0.15) is 44.1 Å². The number of nitrogens with zero attached hydrogens (tertiary/aromatic N) is 2. The van der Waals surface area contributed by atoms with E-state index in [2.05, 4.69) is 0 Å². The highest BCUT2D eigenvalue weighted by atomic mass is 16.5. The Labute approximate surface area is 200 Å². The van der Waals surface area contributed by atoms with E-state index >= 15 is 0 Å². The topological polar surface area (TPSA) is 66.9 Å². The molecule has 5 rings (SSSR count). The zero-order valence-electron chi connectivity index (χ0n) is 19.7. The van der Waals surface area contributed by atoms with Crippen LogP contribution in [0.15, 0.2) is 54.6 Å². The van der Waals surface area contributed by atoms with E-state index in [9.17, 15) is 14.4 Å². The van der Waals surface area contributed by atoms with Crippen LogP contribution < -0.4 is 0 Å². The SMILES string of the molecule is COCC1CCN(C(=O)CC2(c3ccc(-c4ccccc4)cc3)CC(=O)N(C3CC3)C2=O)CC1. The molecule has 0 aromatic heterocycles. The van der Waals surface area contributed by atoms with Gasteiger partial charge in [-0.05, 0) is 48.3 Å². The van der Waals surface area contributed by atoms with Crippen LogP contribution in [0.5, 0.6) is 0 Å². The Kier molecular flexibility index (Phi) is 6.26. The second kappa shape index (κ2) is 9.34. The molecule has 0 spiro atoms. The van der Waals surface area contributed by atoms with E-state index in [4.69, 9.17) is 4.74 Å². The molecule has 3 amide bonds. The van der Waals surface area contributed by atoms with Crippen molar-refractivity contribution in [3.63, 3.8) is 0 Å². The molecule has 6 heteroatoms. The van der Waals surface area contributed by atoms with Crippen LogP contribution in [0.2, 0.25) is 0 Å². The maximum Gasteiger partial charge on any atom is 0.241 e. The number of hydrogen-bond donors (Lipinski definition) is 0. The Morgan fingerprint density at radius 3 is 2.21 bits per heavy atom. The van der Waals surface area contributed by atoms with Gasteiger partial charge in [-0.3, -0.25) is 19.3 Å². The molecule has 3 aliphatic rings. The summed E-state index contributed by atoms with van der Waals surface area (Å²) in [5.74, 6) is 0.0803. The van der Waals surface area contributed by atoms with Gasteiger partial charge in [0.1, 0.15) is 0 Å². The smallest absolute Gasteiger partial charge is 0.241 e. The molecule has 34 heavy (non-hydrogen) atoms. The largest absolute Gasteiger partial charge is 0.384 e. The van der Waals surface area contributed by atoms with Crippen molar-refractivity contribution in [3.05, 3.63) is 60.2 Å². The van der Waals surface area contributed by atoms with Gasteiger partial charge in [-0.1, -0.05) is 54.6 Å². The van der Waals surface area contributed by atoms with E-state index in [0.717, 1.165) is 42.4 Å². The van der Waals surface area contributed by atoms with Gasteiger partial charge >= 0.3 is 0 Å². The fourth-order valence-electron chi connectivity index (χ4n) is 5.50. The first kappa shape index (κ1) is 22.8. The molecule has 1 atom stereocenters. The number of amides is 3. The van der Waals surface area contributed by atoms with Crippen LogP contribution in [0.3, 0.4) is 0 Å². The van der Waals surface area contributed by atoms with Crippen molar-refractivity contribution in [2.45, 2.75) is 50.0 Å². The molecule has 6 nitrogen and oxygen atoms in total. The molecule has 1 aliphatic carbocycles. The highest BCUT2D eigenvalue weighted by Gasteiger charge is 2.57. The lowest BCUT2D eigenvalue weighted by molar-refractivity contribution is -0.143. The molecular formula is C28H32N2O4. The third kappa shape index (κ3) is 4.27. The van der Waals surface area contributed by atoms with Gasteiger partial charge < -0.3 is 9.64 Å². The van der Waals surface area contributed by atoms with Gasteiger partial charge in [-0.2, -0.15) is 0 Å². The van der Waals surface area contributed by atoms with Crippen molar-refractivity contribution in [3.8, 4) is 11.1 Å². The van der Waals surface area contributed by atoms with E-state index in [0.29, 0.717) is 25.6 Å². The summed E-state index contributed by atoms with van der Waals surface area (Å²) < 4.78 is 5.27. The zero-order valence-corrected chi connectivity index (χ0v) is 19.7. The van der Waals surface area contributed by atoms with Crippen LogP contribution in [-0.2, 0) is 24.5 Å². The average Bonchev–Trinajstić information content (AvgIpc) is 3.66. The van der Waals surface area contributed by atoms with Crippen LogP contribution >= 0.6 is 0 Å². The summed E-state index contributed by atoms with van der Waals surface area (Å²) in [5, 5.41) is 0. The van der Waals surface area contributed by atoms with Crippen molar-refractivity contribution in [2.24, 2.45) is 5.92 Å². The third-order valence-electron chi connectivity index (χ3n) is 7.63. The van der Waals surface area contributed by atoms with Crippen LogP contribution in [-0.4, -0.2) is 60.4 Å². The molecule has 2 aromatic rings. The first-order valence-electron chi connectivity index (χ1n) is 12.3. The number of benzene rings is 2. The van der Waals surface area contributed by atoms with E-state index < -0.39 is 5.41 Å². The second-order valence-corrected chi connectivity index (χ2v) is 9.96. The van der Waals surface area contributed by atoms with E-state index in [1.807, 2.05) is 59.5 Å². The lowest BCUT2D eigenvalue weighted by atomic mass is 9.75. The molecule has 0 N–H and O–H groups in total. The fourth-order valence-corrected chi connectivity index (χ4v) is 5.50. The van der Waals surface area contributed by atoms with Gasteiger partial charge in [0, 0.05) is 45.7 Å². The van der Waals surface area contributed by atoms with Crippen molar-refractivity contribution in [1.29, 1.82) is 0 Å². The Hall–Kier alpha value is -2.99. The number of rotatable bonds is 7. The summed E-state index contributed by atoms with van der Waals surface area (Å²) in [4.78, 5) is 43.5. The minimum atomic E-state index is -1.12. The van der Waals surface area contributed by atoms with E-state index in [1.54, 1.807) is 7.11 Å². The highest BCUT2D eigenvalue weighted by molar-refractivity contribution is 6.11. The number of imide groups is 1. The lowest BCUT2D eigenvalue weighted by Crippen LogP contribution is -2.46. The summed E-state index contributed by atoms with van der Waals surface area (Å²) in [5.41, 5.74) is 1.78. The Morgan fingerprint density at radius 2 is 1.59 bits per heavy atom. The molecule has 2 aliphatic heterocycles. The minimum Gasteiger partial charge on any atom is -0.384 e. The number of methoxy groups -OCH3 is 1. The first-order valence-corrected chi connectivity index (χ1v) is 12.3. The average molecular weight is 461 g/mol. The van der Waals surface area contributed by atoms with Crippen molar-refractivity contribution in [1.82, 2.24) is 9.80 Å². The van der Waals surface area contributed by atoms with E-state index in [1.165, 1.54) is 4.90 Å². The summed E-state index contributed by atoms with van der Waals surface area (Å²) in [7, 11) is 1.71. The summed E-state index contributed by atoms with van der Waals surface area (Å²) >= 11 is 0. The molecule has 0 radical (unpaired) electrons. The maximum absolute atomic E-state index is 13.7. The highest BCUT2D eigenvalue weighted by Crippen LogP contribution is 2.45. The number of hydrogen-bond acceptors (Lipinski definition) is 4. The van der Waals surface area contributed by atoms with Crippen LogP contribution in [0.25, 0.3) is 11.1 Å². The molecule has 178 valence electrons. The number of carbonyl (C=O) groups is 3. The molecular weight excluding hydrogens is 428 g/mol.